The van der Waals surface area contributed by atoms with Crippen molar-refractivity contribution >= 4 is 10.0 Å². The van der Waals surface area contributed by atoms with Gasteiger partial charge in [-0.25, -0.2) is 8.42 Å². The van der Waals surface area contributed by atoms with E-state index in [-0.39, 0.29) is 0 Å². The van der Waals surface area contributed by atoms with Gasteiger partial charge < -0.3 is 5.32 Å². The predicted molar refractivity (Wildman–Crippen MR) is 97.5 cm³/mol. The average molecular weight is 357 g/mol. The van der Waals surface area contributed by atoms with E-state index in [9.17, 15) is 8.42 Å². The van der Waals surface area contributed by atoms with Crippen molar-refractivity contribution in [3.63, 3.8) is 0 Å². The maximum Gasteiger partial charge on any atom is 0.243 e. The third-order valence-electron chi connectivity index (χ3n) is 4.96. The second-order valence-corrected chi connectivity index (χ2v) is 8.65. The fraction of sp³-hybridized carbons (Fsp3) is 0.368. The van der Waals surface area contributed by atoms with E-state index in [1.165, 1.54) is 0 Å². The zero-order chi connectivity index (χ0) is 17.3. The van der Waals surface area contributed by atoms with Gasteiger partial charge in [0.2, 0.25) is 10.0 Å². The van der Waals surface area contributed by atoms with Crippen molar-refractivity contribution in [3.8, 4) is 0 Å². The summed E-state index contributed by atoms with van der Waals surface area (Å²) < 4.78 is 27.7. The van der Waals surface area contributed by atoms with Gasteiger partial charge in [-0.2, -0.15) is 4.31 Å². The van der Waals surface area contributed by atoms with E-state index < -0.39 is 10.0 Å². The monoisotopic (exact) mass is 357 g/mol. The number of benzene rings is 2. The van der Waals surface area contributed by atoms with Crippen molar-refractivity contribution in [1.82, 2.24) is 14.5 Å². The van der Waals surface area contributed by atoms with Crippen LogP contribution in [0.25, 0.3) is 0 Å². The van der Waals surface area contributed by atoms with Crippen LogP contribution >= 0.6 is 0 Å². The molecule has 2 aromatic rings. The molecule has 5 nitrogen and oxygen atoms in total. The lowest BCUT2D eigenvalue weighted by atomic mass is 10.1. The highest BCUT2D eigenvalue weighted by atomic mass is 32.2. The van der Waals surface area contributed by atoms with E-state index in [0.29, 0.717) is 18.0 Å². The highest BCUT2D eigenvalue weighted by molar-refractivity contribution is 7.89. The van der Waals surface area contributed by atoms with Crippen molar-refractivity contribution in [2.45, 2.75) is 24.5 Å². The second-order valence-electron chi connectivity index (χ2n) is 6.72. The first-order valence-electron chi connectivity index (χ1n) is 8.72. The van der Waals surface area contributed by atoms with Crippen LogP contribution in [0.1, 0.15) is 16.7 Å². The molecule has 0 unspecified atom stereocenters. The molecular formula is C19H23N3O2S. The van der Waals surface area contributed by atoms with Gasteiger partial charge in [0.1, 0.15) is 0 Å². The van der Waals surface area contributed by atoms with Gasteiger partial charge in [0, 0.05) is 45.8 Å². The number of rotatable bonds is 4. The van der Waals surface area contributed by atoms with Crippen molar-refractivity contribution < 1.29 is 8.42 Å². The molecule has 0 bridgehead atoms. The summed E-state index contributed by atoms with van der Waals surface area (Å²) >= 11 is 0. The number of nitrogens with one attached hydrogen (secondary N) is 1. The number of nitrogens with zero attached hydrogens (tertiary/aromatic N) is 2. The average Bonchev–Trinajstić information content (AvgIpc) is 3.08. The molecule has 1 N–H and O–H groups in total. The molecule has 25 heavy (non-hydrogen) atoms. The Morgan fingerprint density at radius 1 is 0.920 bits per heavy atom. The molecule has 1 saturated heterocycles. The molecule has 6 heteroatoms. The lowest BCUT2D eigenvalue weighted by Crippen LogP contribution is -2.42. The molecule has 2 aliphatic heterocycles. The van der Waals surface area contributed by atoms with Gasteiger partial charge in [0.05, 0.1) is 4.90 Å². The first-order chi connectivity index (χ1) is 12.1. The van der Waals surface area contributed by atoms with Gasteiger partial charge in [-0.3, -0.25) is 4.90 Å². The Kier molecular flexibility index (Phi) is 4.60. The maximum atomic E-state index is 13.0. The van der Waals surface area contributed by atoms with Crippen LogP contribution < -0.4 is 5.32 Å². The van der Waals surface area contributed by atoms with Gasteiger partial charge in [-0.1, -0.05) is 36.4 Å². The molecule has 2 heterocycles. The van der Waals surface area contributed by atoms with Crippen molar-refractivity contribution in [2.75, 3.05) is 26.2 Å². The molecule has 132 valence electrons. The molecule has 0 spiro atoms. The predicted octanol–water partition coefficient (Wildman–Crippen LogP) is 1.80. The first-order valence-corrected chi connectivity index (χ1v) is 10.2. The Labute approximate surface area is 149 Å². The fourth-order valence-corrected chi connectivity index (χ4v) is 5.02. The number of hydrogen-bond donors (Lipinski definition) is 1. The third-order valence-corrected chi connectivity index (χ3v) is 6.75. The van der Waals surface area contributed by atoms with Crippen molar-refractivity contribution in [3.05, 3.63) is 65.2 Å². The standard InChI is InChI=1S/C19H23N3O2S/c23-25(24,22-14-17-5-1-2-6-18(17)15-22)19-7-3-4-16(12-19)13-21-10-8-20-9-11-21/h1-7,12,20H,8-11,13-15H2. The minimum Gasteiger partial charge on any atom is -0.314 e. The van der Waals surface area contributed by atoms with E-state index in [2.05, 4.69) is 10.2 Å². The quantitative estimate of drug-likeness (QED) is 0.907. The second kappa shape index (κ2) is 6.88. The Balaban J connectivity index is 1.54. The van der Waals surface area contributed by atoms with Crippen molar-refractivity contribution in [2.24, 2.45) is 0 Å². The molecular weight excluding hydrogens is 334 g/mol. The molecule has 2 aromatic carbocycles. The Bertz CT molecular complexity index is 835. The summed E-state index contributed by atoms with van der Waals surface area (Å²) in [5.41, 5.74) is 3.26. The van der Waals surface area contributed by atoms with E-state index in [1.54, 1.807) is 10.4 Å². The molecule has 0 radical (unpaired) electrons. The highest BCUT2D eigenvalue weighted by Crippen LogP contribution is 2.28. The summed E-state index contributed by atoms with van der Waals surface area (Å²) in [6, 6.07) is 15.3. The molecule has 0 atom stereocenters. The number of piperazine rings is 1. The van der Waals surface area contributed by atoms with Crippen LogP contribution in [0.15, 0.2) is 53.4 Å². The van der Waals surface area contributed by atoms with Crippen molar-refractivity contribution in [1.29, 1.82) is 0 Å². The minimum absolute atomic E-state index is 0.396. The third kappa shape index (κ3) is 3.48. The zero-order valence-electron chi connectivity index (χ0n) is 14.2. The van der Waals surface area contributed by atoms with Crippen LogP contribution in [0.4, 0.5) is 0 Å². The van der Waals surface area contributed by atoms with Crippen LogP contribution in [-0.2, 0) is 29.7 Å². The Morgan fingerprint density at radius 2 is 1.60 bits per heavy atom. The SMILES string of the molecule is O=S(=O)(c1cccc(CN2CCNCC2)c1)N1Cc2ccccc2C1. The summed E-state index contributed by atoms with van der Waals surface area (Å²) in [6.45, 7) is 5.69. The van der Waals surface area contributed by atoms with Gasteiger partial charge in [0.25, 0.3) is 0 Å². The summed E-state index contributed by atoms with van der Waals surface area (Å²) in [6.07, 6.45) is 0. The molecule has 4 rings (SSSR count). The number of fused-ring (bicyclic) bond motifs is 1. The molecule has 0 aromatic heterocycles. The normalized spacial score (nSPS) is 19.0. The van der Waals surface area contributed by atoms with Gasteiger partial charge >= 0.3 is 0 Å². The zero-order valence-corrected chi connectivity index (χ0v) is 15.0. The summed E-state index contributed by atoms with van der Waals surface area (Å²) in [7, 11) is -3.47. The molecule has 0 saturated carbocycles. The van der Waals surface area contributed by atoms with E-state index in [4.69, 9.17) is 0 Å². The molecule has 0 aliphatic carbocycles. The maximum absolute atomic E-state index is 13.0. The Hall–Kier alpha value is -1.73. The highest BCUT2D eigenvalue weighted by Gasteiger charge is 2.30. The molecule has 1 fully saturated rings. The number of sulfonamides is 1. The van der Waals surface area contributed by atoms with Crippen LogP contribution in [0.2, 0.25) is 0 Å². The lowest BCUT2D eigenvalue weighted by Gasteiger charge is -2.27. The van der Waals surface area contributed by atoms with Gasteiger partial charge in [-0.15, -0.1) is 0 Å². The summed E-state index contributed by atoms with van der Waals surface area (Å²) in [5, 5.41) is 3.34. The lowest BCUT2D eigenvalue weighted by molar-refractivity contribution is 0.233. The van der Waals surface area contributed by atoms with Gasteiger partial charge in [0.15, 0.2) is 0 Å². The summed E-state index contributed by atoms with van der Waals surface area (Å²) in [5.74, 6) is 0. The topological polar surface area (TPSA) is 52.7 Å². The van der Waals surface area contributed by atoms with Crippen LogP contribution in [-0.4, -0.2) is 43.8 Å². The van der Waals surface area contributed by atoms with E-state index >= 15 is 0 Å². The largest absolute Gasteiger partial charge is 0.314 e. The smallest absolute Gasteiger partial charge is 0.243 e. The molecule has 0 amide bonds. The molecule has 2 aliphatic rings. The van der Waals surface area contributed by atoms with Gasteiger partial charge in [-0.05, 0) is 28.8 Å². The first kappa shape index (κ1) is 16.7. The number of hydrogen-bond acceptors (Lipinski definition) is 4. The minimum atomic E-state index is -3.47. The van der Waals surface area contributed by atoms with Crippen LogP contribution in [0, 0.1) is 0 Å². The van der Waals surface area contributed by atoms with Crippen LogP contribution in [0.5, 0.6) is 0 Å². The van der Waals surface area contributed by atoms with Crippen LogP contribution in [0.3, 0.4) is 0 Å². The van der Waals surface area contributed by atoms with E-state index in [0.717, 1.165) is 49.4 Å². The fourth-order valence-electron chi connectivity index (χ4n) is 3.55. The van der Waals surface area contributed by atoms with E-state index in [1.807, 2.05) is 42.5 Å². The Morgan fingerprint density at radius 3 is 2.28 bits per heavy atom. The summed E-state index contributed by atoms with van der Waals surface area (Å²) in [4.78, 5) is 2.75.